The Morgan fingerprint density at radius 1 is 1.28 bits per heavy atom. The number of urea groups is 1. The predicted molar refractivity (Wildman–Crippen MR) is 106 cm³/mol. The van der Waals surface area contributed by atoms with Gasteiger partial charge in [0.2, 0.25) is 0 Å². The minimum Gasteiger partial charge on any atom is -0.486 e. The number of carbonyl (C=O) groups excluding carboxylic acids is 2. The highest BCUT2D eigenvalue weighted by Gasteiger charge is 2.34. The van der Waals surface area contributed by atoms with Crippen molar-refractivity contribution in [3.63, 3.8) is 0 Å². The molecule has 2 N–H and O–H groups in total. The molecule has 3 aliphatic heterocycles. The Morgan fingerprint density at radius 3 is 2.86 bits per heavy atom. The smallest absolute Gasteiger partial charge is 0.337 e. The fourth-order valence-electron chi connectivity index (χ4n) is 4.27. The molecule has 2 atom stereocenters. The SMILES string of the molecule is CCOC(=O)C1=C(CN2CCC[C@H]2c2ccc3c(c2)OCCO3)NC(=O)N[C@@H]1C. The molecule has 8 heteroatoms. The quantitative estimate of drug-likeness (QED) is 0.735. The molecule has 4 rings (SSSR count). The van der Waals surface area contributed by atoms with Crippen molar-refractivity contribution in [2.45, 2.75) is 38.8 Å². The van der Waals surface area contributed by atoms with Gasteiger partial charge >= 0.3 is 12.0 Å². The second-order valence-corrected chi connectivity index (χ2v) is 7.46. The van der Waals surface area contributed by atoms with Gasteiger partial charge in [-0.1, -0.05) is 6.07 Å². The lowest BCUT2D eigenvalue weighted by molar-refractivity contribution is -0.139. The van der Waals surface area contributed by atoms with Crippen LogP contribution in [0.4, 0.5) is 4.79 Å². The third-order valence-electron chi connectivity index (χ3n) is 5.54. The molecule has 0 bridgehead atoms. The predicted octanol–water partition coefficient (Wildman–Crippen LogP) is 2.11. The molecule has 3 heterocycles. The van der Waals surface area contributed by atoms with Crippen LogP contribution in [0.25, 0.3) is 0 Å². The van der Waals surface area contributed by atoms with Gasteiger partial charge in [0, 0.05) is 18.3 Å². The molecule has 1 saturated heterocycles. The summed E-state index contributed by atoms with van der Waals surface area (Å²) in [6, 6.07) is 5.56. The van der Waals surface area contributed by atoms with Crippen molar-refractivity contribution in [2.75, 3.05) is 32.9 Å². The average molecular weight is 401 g/mol. The van der Waals surface area contributed by atoms with Crippen molar-refractivity contribution >= 4 is 12.0 Å². The van der Waals surface area contributed by atoms with Crippen LogP contribution in [-0.2, 0) is 9.53 Å². The number of hydrogen-bond acceptors (Lipinski definition) is 6. The standard InChI is InChI=1S/C21H27N3O5/c1-3-27-20(25)19-13(2)22-21(26)23-15(19)12-24-8-4-5-16(24)14-6-7-17-18(11-14)29-10-9-28-17/h6-7,11,13,16H,3-5,8-10,12H2,1-2H3,(H2,22,23,26)/t13-,16+/m1/s1. The first-order valence-electron chi connectivity index (χ1n) is 10.2. The number of rotatable bonds is 5. The number of ether oxygens (including phenoxy) is 3. The lowest BCUT2D eigenvalue weighted by Gasteiger charge is -2.31. The normalized spacial score (nSPS) is 24.1. The van der Waals surface area contributed by atoms with Crippen LogP contribution in [0.15, 0.2) is 29.5 Å². The number of carbonyl (C=O) groups is 2. The summed E-state index contributed by atoms with van der Waals surface area (Å²) in [5, 5.41) is 5.57. The number of likely N-dealkylation sites (tertiary alicyclic amines) is 1. The highest BCUT2D eigenvalue weighted by atomic mass is 16.6. The van der Waals surface area contributed by atoms with Gasteiger partial charge in [0.15, 0.2) is 11.5 Å². The average Bonchev–Trinajstić information content (AvgIpc) is 3.15. The van der Waals surface area contributed by atoms with Gasteiger partial charge in [-0.05, 0) is 50.9 Å². The zero-order chi connectivity index (χ0) is 20.4. The summed E-state index contributed by atoms with van der Waals surface area (Å²) in [5.41, 5.74) is 2.25. The summed E-state index contributed by atoms with van der Waals surface area (Å²) < 4.78 is 16.6. The van der Waals surface area contributed by atoms with Crippen LogP contribution in [0.1, 0.15) is 38.3 Å². The first kappa shape index (κ1) is 19.6. The van der Waals surface area contributed by atoms with Crippen LogP contribution in [0.3, 0.4) is 0 Å². The van der Waals surface area contributed by atoms with Crippen LogP contribution >= 0.6 is 0 Å². The molecule has 1 fully saturated rings. The first-order valence-corrected chi connectivity index (χ1v) is 10.2. The van der Waals surface area contributed by atoms with Crippen LogP contribution in [-0.4, -0.2) is 55.9 Å². The van der Waals surface area contributed by atoms with E-state index in [1.54, 1.807) is 13.8 Å². The number of esters is 1. The summed E-state index contributed by atoms with van der Waals surface area (Å²) in [5.74, 6) is 1.16. The van der Waals surface area contributed by atoms with E-state index in [0.29, 0.717) is 37.6 Å². The lowest BCUT2D eigenvalue weighted by atomic mass is 10.0. The van der Waals surface area contributed by atoms with Crippen molar-refractivity contribution in [2.24, 2.45) is 0 Å². The molecule has 1 aromatic rings. The van der Waals surface area contributed by atoms with Gasteiger partial charge in [0.25, 0.3) is 0 Å². The van der Waals surface area contributed by atoms with Gasteiger partial charge < -0.3 is 24.8 Å². The van der Waals surface area contributed by atoms with E-state index in [9.17, 15) is 9.59 Å². The Morgan fingerprint density at radius 2 is 2.07 bits per heavy atom. The van der Waals surface area contributed by atoms with Crippen molar-refractivity contribution in [1.29, 1.82) is 0 Å². The number of nitrogens with one attached hydrogen (secondary N) is 2. The highest BCUT2D eigenvalue weighted by Crippen LogP contribution is 2.38. The Labute approximate surface area is 170 Å². The molecule has 29 heavy (non-hydrogen) atoms. The summed E-state index contributed by atoms with van der Waals surface area (Å²) in [6.07, 6.45) is 2.05. The minimum atomic E-state index is -0.395. The molecule has 0 saturated carbocycles. The molecular formula is C21H27N3O5. The van der Waals surface area contributed by atoms with Gasteiger partial charge in [-0.25, -0.2) is 9.59 Å². The fraction of sp³-hybridized carbons (Fsp3) is 0.524. The highest BCUT2D eigenvalue weighted by molar-refractivity contribution is 5.94. The van der Waals surface area contributed by atoms with Gasteiger partial charge in [0.05, 0.1) is 18.2 Å². The van der Waals surface area contributed by atoms with Gasteiger partial charge in [-0.2, -0.15) is 0 Å². The van der Waals surface area contributed by atoms with E-state index in [0.717, 1.165) is 36.4 Å². The zero-order valence-corrected chi connectivity index (χ0v) is 16.8. The van der Waals surface area contributed by atoms with E-state index in [1.807, 2.05) is 12.1 Å². The molecule has 156 valence electrons. The Hall–Kier alpha value is -2.74. The van der Waals surface area contributed by atoms with E-state index in [2.05, 4.69) is 21.6 Å². The van der Waals surface area contributed by atoms with Gasteiger partial charge in [-0.3, -0.25) is 4.90 Å². The number of benzene rings is 1. The van der Waals surface area contributed by atoms with E-state index in [1.165, 1.54) is 0 Å². The van der Waals surface area contributed by atoms with E-state index in [4.69, 9.17) is 14.2 Å². The zero-order valence-electron chi connectivity index (χ0n) is 16.8. The third-order valence-corrected chi connectivity index (χ3v) is 5.54. The molecule has 0 spiro atoms. The van der Waals surface area contributed by atoms with E-state index >= 15 is 0 Å². The second kappa shape index (κ2) is 8.32. The Balaban J connectivity index is 1.59. The minimum absolute atomic E-state index is 0.184. The molecule has 1 aromatic carbocycles. The largest absolute Gasteiger partial charge is 0.486 e. The maximum Gasteiger partial charge on any atom is 0.337 e. The molecule has 2 amide bonds. The first-order chi connectivity index (χ1) is 14.1. The molecule has 0 radical (unpaired) electrons. The van der Waals surface area contributed by atoms with Crippen molar-refractivity contribution in [1.82, 2.24) is 15.5 Å². The summed E-state index contributed by atoms with van der Waals surface area (Å²) >= 11 is 0. The van der Waals surface area contributed by atoms with E-state index < -0.39 is 12.0 Å². The van der Waals surface area contributed by atoms with Gasteiger partial charge in [-0.15, -0.1) is 0 Å². The molecule has 8 nitrogen and oxygen atoms in total. The lowest BCUT2D eigenvalue weighted by Crippen LogP contribution is -2.51. The molecule has 3 aliphatic rings. The number of amides is 2. The molecule has 0 aromatic heterocycles. The van der Waals surface area contributed by atoms with Crippen LogP contribution in [0.2, 0.25) is 0 Å². The number of fused-ring (bicyclic) bond motifs is 1. The Bertz CT molecular complexity index is 838. The number of hydrogen-bond donors (Lipinski definition) is 2. The molecule has 0 unspecified atom stereocenters. The monoisotopic (exact) mass is 401 g/mol. The summed E-state index contributed by atoms with van der Waals surface area (Å²) in [7, 11) is 0. The van der Waals surface area contributed by atoms with E-state index in [-0.39, 0.29) is 12.1 Å². The van der Waals surface area contributed by atoms with Crippen LogP contribution in [0.5, 0.6) is 11.5 Å². The second-order valence-electron chi connectivity index (χ2n) is 7.46. The van der Waals surface area contributed by atoms with Crippen LogP contribution in [0, 0.1) is 0 Å². The number of nitrogens with zero attached hydrogens (tertiary/aromatic N) is 1. The van der Waals surface area contributed by atoms with Crippen molar-refractivity contribution in [3.05, 3.63) is 35.0 Å². The summed E-state index contributed by atoms with van der Waals surface area (Å²) in [4.78, 5) is 26.8. The molecular weight excluding hydrogens is 374 g/mol. The topological polar surface area (TPSA) is 89.1 Å². The van der Waals surface area contributed by atoms with Gasteiger partial charge in [0.1, 0.15) is 13.2 Å². The molecule has 0 aliphatic carbocycles. The maximum absolute atomic E-state index is 12.5. The van der Waals surface area contributed by atoms with Crippen molar-refractivity contribution < 1.29 is 23.8 Å². The fourth-order valence-corrected chi connectivity index (χ4v) is 4.27. The Kier molecular flexibility index (Phi) is 5.62. The maximum atomic E-state index is 12.5. The summed E-state index contributed by atoms with van der Waals surface area (Å²) in [6.45, 7) is 6.35. The van der Waals surface area contributed by atoms with Crippen LogP contribution < -0.4 is 20.1 Å². The van der Waals surface area contributed by atoms with Crippen molar-refractivity contribution in [3.8, 4) is 11.5 Å². The third kappa shape index (κ3) is 4.03.